The number of aromatic hydroxyl groups is 2. The molecule has 0 amide bonds. The Labute approximate surface area is 191 Å². The zero-order chi connectivity index (χ0) is 23.0. The van der Waals surface area contributed by atoms with Gasteiger partial charge in [0.05, 0.1) is 25.6 Å². The second kappa shape index (κ2) is 14.9. The summed E-state index contributed by atoms with van der Waals surface area (Å²) in [5.41, 5.74) is 1.08. The molecule has 0 unspecified atom stereocenters. The highest BCUT2D eigenvalue weighted by atomic mass is 16.5. The number of unbranched alkanes of at least 4 members (excludes halogenated alkanes) is 6. The molecule has 2 N–H and O–H groups in total. The fraction of sp³-hybridized carbons (Fsp3) is 0.462. The van der Waals surface area contributed by atoms with Gasteiger partial charge in [-0.05, 0) is 37.1 Å². The molecule has 2 aromatic carbocycles. The highest BCUT2D eigenvalue weighted by Crippen LogP contribution is 2.24. The van der Waals surface area contributed by atoms with Gasteiger partial charge in [0, 0.05) is 23.3 Å². The molecule has 2 aromatic rings. The van der Waals surface area contributed by atoms with Gasteiger partial charge in [-0.3, -0.25) is 0 Å². The Bertz CT molecular complexity index is 793. The van der Waals surface area contributed by atoms with Crippen LogP contribution in [0.5, 0.6) is 23.0 Å². The number of hydrogen-bond acceptors (Lipinski definition) is 6. The lowest BCUT2D eigenvalue weighted by Gasteiger charge is -2.07. The molecule has 6 nitrogen and oxygen atoms in total. The fourth-order valence-corrected chi connectivity index (χ4v) is 3.07. The molecule has 0 heterocycles. The van der Waals surface area contributed by atoms with Crippen LogP contribution in [-0.2, 0) is 0 Å². The molecule has 6 heteroatoms. The second-order valence-electron chi connectivity index (χ2n) is 7.75. The average Bonchev–Trinajstić information content (AvgIpc) is 2.78. The minimum Gasteiger partial charge on any atom is -0.507 e. The Morgan fingerprint density at radius 2 is 1.09 bits per heavy atom. The van der Waals surface area contributed by atoms with E-state index in [-0.39, 0.29) is 11.5 Å². The lowest BCUT2D eigenvalue weighted by molar-refractivity contribution is 0.303. The van der Waals surface area contributed by atoms with E-state index in [0.29, 0.717) is 35.8 Å². The summed E-state index contributed by atoms with van der Waals surface area (Å²) in [5.74, 6) is 1.44. The molecule has 0 fully saturated rings. The van der Waals surface area contributed by atoms with Gasteiger partial charge in [-0.25, -0.2) is 0 Å². The summed E-state index contributed by atoms with van der Waals surface area (Å²) in [4.78, 5) is 0. The first-order valence-corrected chi connectivity index (χ1v) is 11.6. The first-order chi connectivity index (χ1) is 15.6. The van der Waals surface area contributed by atoms with E-state index in [9.17, 15) is 10.2 Å². The van der Waals surface area contributed by atoms with Crippen molar-refractivity contribution in [3.63, 3.8) is 0 Å². The van der Waals surface area contributed by atoms with Crippen molar-refractivity contribution in [1.82, 2.24) is 0 Å². The van der Waals surface area contributed by atoms with Crippen molar-refractivity contribution in [2.24, 2.45) is 10.2 Å². The van der Waals surface area contributed by atoms with Crippen molar-refractivity contribution >= 4 is 12.4 Å². The molecule has 0 aliphatic heterocycles. The van der Waals surface area contributed by atoms with Crippen LogP contribution in [0.3, 0.4) is 0 Å². The second-order valence-corrected chi connectivity index (χ2v) is 7.75. The molecule has 0 aliphatic carbocycles. The van der Waals surface area contributed by atoms with Crippen LogP contribution >= 0.6 is 0 Å². The third kappa shape index (κ3) is 9.41. The lowest BCUT2D eigenvalue weighted by atomic mass is 10.2. The number of ether oxygens (including phenoxy) is 2. The monoisotopic (exact) mass is 440 g/mol. The standard InChI is InChI=1S/C26H36N2O4/c1-3-5-7-9-15-31-23-13-11-21(25(29)17-23)19-27-28-20-22-12-14-24(18-26(22)30)32-16-10-8-6-4-2/h11-14,17-20,29-30H,3-10,15-16H2,1-2H3/b27-19-,28-20-. The van der Waals surface area contributed by atoms with Crippen LogP contribution in [0, 0.1) is 0 Å². The molecule has 0 spiro atoms. The molecule has 2 rings (SSSR count). The molecule has 32 heavy (non-hydrogen) atoms. The molecule has 0 aliphatic rings. The van der Waals surface area contributed by atoms with E-state index in [4.69, 9.17) is 9.47 Å². The van der Waals surface area contributed by atoms with Gasteiger partial charge in [0.25, 0.3) is 0 Å². The zero-order valence-corrected chi connectivity index (χ0v) is 19.3. The molecule has 0 radical (unpaired) electrons. The first-order valence-electron chi connectivity index (χ1n) is 11.6. The minimum atomic E-state index is 0.0818. The maximum absolute atomic E-state index is 10.2. The Morgan fingerprint density at radius 1 is 0.656 bits per heavy atom. The maximum Gasteiger partial charge on any atom is 0.128 e. The average molecular weight is 441 g/mol. The number of nitrogens with zero attached hydrogens (tertiary/aromatic N) is 2. The van der Waals surface area contributed by atoms with E-state index in [1.54, 1.807) is 36.4 Å². The molecule has 0 aromatic heterocycles. The van der Waals surface area contributed by atoms with Crippen LogP contribution in [0.1, 0.15) is 76.3 Å². The van der Waals surface area contributed by atoms with E-state index in [2.05, 4.69) is 24.1 Å². The Hall–Kier alpha value is -3.02. The van der Waals surface area contributed by atoms with Gasteiger partial charge in [0.1, 0.15) is 23.0 Å². The summed E-state index contributed by atoms with van der Waals surface area (Å²) in [6, 6.07) is 10.2. The smallest absolute Gasteiger partial charge is 0.128 e. The van der Waals surface area contributed by atoms with Crippen molar-refractivity contribution < 1.29 is 19.7 Å². The number of phenols is 2. The summed E-state index contributed by atoms with van der Waals surface area (Å²) in [6.07, 6.45) is 12.0. The van der Waals surface area contributed by atoms with Crippen molar-refractivity contribution in [3.05, 3.63) is 47.5 Å². The van der Waals surface area contributed by atoms with Gasteiger partial charge in [-0.2, -0.15) is 10.2 Å². The van der Waals surface area contributed by atoms with Crippen molar-refractivity contribution in [3.8, 4) is 23.0 Å². The SMILES string of the molecule is CCCCCCOc1ccc(/C=N\N=C/c2ccc(OCCCCCC)cc2O)c(O)c1. The number of hydrogen-bond donors (Lipinski definition) is 2. The summed E-state index contributed by atoms with van der Waals surface area (Å²) in [7, 11) is 0. The summed E-state index contributed by atoms with van der Waals surface area (Å²) in [6.45, 7) is 5.63. The number of benzene rings is 2. The molecule has 0 atom stereocenters. The quantitative estimate of drug-likeness (QED) is 0.189. The zero-order valence-electron chi connectivity index (χ0n) is 19.3. The third-order valence-corrected chi connectivity index (χ3v) is 5.00. The minimum absolute atomic E-state index is 0.0818. The van der Waals surface area contributed by atoms with E-state index < -0.39 is 0 Å². The van der Waals surface area contributed by atoms with Crippen LogP contribution < -0.4 is 9.47 Å². The normalized spacial score (nSPS) is 11.4. The number of phenolic OH excluding ortho intramolecular Hbond substituents is 2. The fourth-order valence-electron chi connectivity index (χ4n) is 3.07. The third-order valence-electron chi connectivity index (χ3n) is 5.00. The van der Waals surface area contributed by atoms with Gasteiger partial charge in [0.2, 0.25) is 0 Å². The van der Waals surface area contributed by atoms with Crippen LogP contribution in [0.15, 0.2) is 46.6 Å². The summed E-state index contributed by atoms with van der Waals surface area (Å²) >= 11 is 0. The molecule has 0 saturated heterocycles. The topological polar surface area (TPSA) is 83.6 Å². The lowest BCUT2D eigenvalue weighted by Crippen LogP contribution is -1.97. The van der Waals surface area contributed by atoms with E-state index in [1.807, 2.05) is 0 Å². The Balaban J connectivity index is 1.83. The van der Waals surface area contributed by atoms with Crippen LogP contribution in [0.25, 0.3) is 0 Å². The largest absolute Gasteiger partial charge is 0.507 e. The molecule has 174 valence electrons. The highest BCUT2D eigenvalue weighted by Gasteiger charge is 2.03. The predicted octanol–water partition coefficient (Wildman–Crippen LogP) is 6.47. The highest BCUT2D eigenvalue weighted by molar-refractivity contribution is 5.86. The Kier molecular flexibility index (Phi) is 11.7. The summed E-state index contributed by atoms with van der Waals surface area (Å²) in [5, 5.41) is 28.3. The van der Waals surface area contributed by atoms with Crippen molar-refractivity contribution in [1.29, 1.82) is 0 Å². The van der Waals surface area contributed by atoms with Gasteiger partial charge in [0.15, 0.2) is 0 Å². The predicted molar refractivity (Wildman–Crippen MR) is 131 cm³/mol. The van der Waals surface area contributed by atoms with Gasteiger partial charge in [-0.1, -0.05) is 52.4 Å². The van der Waals surface area contributed by atoms with E-state index >= 15 is 0 Å². The van der Waals surface area contributed by atoms with E-state index in [1.165, 1.54) is 38.1 Å². The molecule has 0 bridgehead atoms. The van der Waals surface area contributed by atoms with Crippen LogP contribution in [-0.4, -0.2) is 35.9 Å². The van der Waals surface area contributed by atoms with Crippen LogP contribution in [0.2, 0.25) is 0 Å². The maximum atomic E-state index is 10.2. The van der Waals surface area contributed by atoms with Crippen LogP contribution in [0.4, 0.5) is 0 Å². The Morgan fingerprint density at radius 3 is 1.47 bits per heavy atom. The molecule has 0 saturated carbocycles. The van der Waals surface area contributed by atoms with Crippen molar-refractivity contribution in [2.75, 3.05) is 13.2 Å². The molecular weight excluding hydrogens is 404 g/mol. The summed E-state index contributed by atoms with van der Waals surface area (Å²) < 4.78 is 11.3. The van der Waals surface area contributed by atoms with E-state index in [0.717, 1.165) is 25.7 Å². The number of rotatable bonds is 15. The van der Waals surface area contributed by atoms with Crippen molar-refractivity contribution in [2.45, 2.75) is 65.2 Å². The van der Waals surface area contributed by atoms with Gasteiger partial charge in [-0.15, -0.1) is 0 Å². The van der Waals surface area contributed by atoms with Gasteiger partial charge >= 0.3 is 0 Å². The molecular formula is C26H36N2O4. The van der Waals surface area contributed by atoms with Gasteiger partial charge < -0.3 is 19.7 Å². The first kappa shape index (κ1) is 25.2.